The standard InChI is InChI=1S/C10H10F3N5O4/c1-6(16-5-7(4-15-16)18(21)22)8(19)17-9(20,2-3-14-17)10(11,12)13/h3-6,20H,2H2,1H3/t6-,9-/m0/s1. The maximum atomic E-state index is 12.9. The summed E-state index contributed by atoms with van der Waals surface area (Å²) in [6.07, 6.45) is -3.48. The number of carbonyl (C=O) groups is 1. The van der Waals surface area contributed by atoms with E-state index in [2.05, 4.69) is 10.2 Å². The average molecular weight is 321 g/mol. The van der Waals surface area contributed by atoms with Crippen LogP contribution in [0.3, 0.4) is 0 Å². The number of halogens is 3. The zero-order valence-electron chi connectivity index (χ0n) is 11.1. The normalized spacial score (nSPS) is 22.9. The molecule has 1 aliphatic heterocycles. The summed E-state index contributed by atoms with van der Waals surface area (Å²) in [5.74, 6) is -1.20. The van der Waals surface area contributed by atoms with Gasteiger partial charge in [-0.3, -0.25) is 19.6 Å². The van der Waals surface area contributed by atoms with Crippen LogP contribution in [0.15, 0.2) is 17.5 Å². The van der Waals surface area contributed by atoms with E-state index in [1.54, 1.807) is 0 Å². The molecule has 0 saturated heterocycles. The lowest BCUT2D eigenvalue weighted by Crippen LogP contribution is -2.57. The summed E-state index contributed by atoms with van der Waals surface area (Å²) >= 11 is 0. The molecule has 2 heterocycles. The van der Waals surface area contributed by atoms with Crippen LogP contribution in [0.5, 0.6) is 0 Å². The zero-order valence-corrected chi connectivity index (χ0v) is 11.1. The highest BCUT2D eigenvalue weighted by Gasteiger charge is 2.62. The van der Waals surface area contributed by atoms with Crippen LogP contribution >= 0.6 is 0 Å². The second kappa shape index (κ2) is 5.05. The Labute approximate surface area is 120 Å². The van der Waals surface area contributed by atoms with Crippen LogP contribution in [-0.4, -0.2) is 48.8 Å². The number of hydrogen-bond acceptors (Lipinski definition) is 6. The molecule has 2 rings (SSSR count). The van der Waals surface area contributed by atoms with Gasteiger partial charge < -0.3 is 5.11 Å². The van der Waals surface area contributed by atoms with Gasteiger partial charge in [0.2, 0.25) is 0 Å². The highest BCUT2D eigenvalue weighted by Crippen LogP contribution is 2.39. The molecule has 0 radical (unpaired) electrons. The smallest absolute Gasteiger partial charge is 0.362 e. The summed E-state index contributed by atoms with van der Waals surface area (Å²) in [5.41, 5.74) is -3.85. The predicted octanol–water partition coefficient (Wildman–Crippen LogP) is 0.821. The van der Waals surface area contributed by atoms with Crippen molar-refractivity contribution in [2.75, 3.05) is 0 Å². The molecular weight excluding hydrogens is 311 g/mol. The van der Waals surface area contributed by atoms with E-state index in [0.29, 0.717) is 0 Å². The molecule has 0 bridgehead atoms. The van der Waals surface area contributed by atoms with Gasteiger partial charge in [0.15, 0.2) is 0 Å². The fourth-order valence-corrected chi connectivity index (χ4v) is 1.83. The third-order valence-electron chi connectivity index (χ3n) is 3.14. The van der Waals surface area contributed by atoms with Crippen molar-refractivity contribution in [3.8, 4) is 0 Å². The van der Waals surface area contributed by atoms with E-state index >= 15 is 0 Å². The Kier molecular flexibility index (Phi) is 3.64. The molecule has 1 aromatic heterocycles. The number of amides is 1. The van der Waals surface area contributed by atoms with Crippen molar-refractivity contribution in [1.29, 1.82) is 0 Å². The van der Waals surface area contributed by atoms with Gasteiger partial charge in [0.25, 0.3) is 11.6 Å². The maximum Gasteiger partial charge on any atom is 0.438 e. The van der Waals surface area contributed by atoms with Gasteiger partial charge in [-0.25, -0.2) is 0 Å². The first kappa shape index (κ1) is 15.9. The van der Waals surface area contributed by atoms with Crippen LogP contribution in [0, 0.1) is 10.1 Å². The molecule has 1 aliphatic rings. The van der Waals surface area contributed by atoms with E-state index in [1.165, 1.54) is 6.92 Å². The molecular formula is C10H10F3N5O4. The maximum absolute atomic E-state index is 12.9. The molecule has 0 saturated carbocycles. The number of nitrogens with zero attached hydrogens (tertiary/aromatic N) is 5. The minimum atomic E-state index is -5.10. The molecule has 2 atom stereocenters. The van der Waals surface area contributed by atoms with Crippen LogP contribution in [-0.2, 0) is 4.79 Å². The fourth-order valence-electron chi connectivity index (χ4n) is 1.83. The molecule has 12 heteroatoms. The van der Waals surface area contributed by atoms with Crippen molar-refractivity contribution in [3.05, 3.63) is 22.5 Å². The van der Waals surface area contributed by atoms with Gasteiger partial charge in [-0.15, -0.1) is 0 Å². The lowest BCUT2D eigenvalue weighted by Gasteiger charge is -2.33. The number of aromatic nitrogens is 2. The Morgan fingerprint density at radius 2 is 2.23 bits per heavy atom. The van der Waals surface area contributed by atoms with E-state index < -0.39 is 40.9 Å². The van der Waals surface area contributed by atoms with E-state index in [0.717, 1.165) is 23.3 Å². The lowest BCUT2D eigenvalue weighted by atomic mass is 10.1. The molecule has 120 valence electrons. The molecule has 1 amide bonds. The monoisotopic (exact) mass is 321 g/mol. The Morgan fingerprint density at radius 1 is 1.59 bits per heavy atom. The van der Waals surface area contributed by atoms with Crippen molar-refractivity contribution in [1.82, 2.24) is 14.8 Å². The van der Waals surface area contributed by atoms with Gasteiger partial charge in [0, 0.05) is 12.6 Å². The number of rotatable bonds is 3. The van der Waals surface area contributed by atoms with Gasteiger partial charge in [-0.05, 0) is 6.92 Å². The molecule has 0 unspecified atom stereocenters. The van der Waals surface area contributed by atoms with Gasteiger partial charge in [-0.2, -0.15) is 28.4 Å². The van der Waals surface area contributed by atoms with E-state index in [-0.39, 0.29) is 5.01 Å². The number of nitro groups is 1. The molecule has 0 aliphatic carbocycles. The number of hydrogen-bond donors (Lipinski definition) is 1. The first-order valence-corrected chi connectivity index (χ1v) is 5.92. The van der Waals surface area contributed by atoms with E-state index in [4.69, 9.17) is 0 Å². The number of alkyl halides is 3. The number of hydrazone groups is 1. The van der Waals surface area contributed by atoms with Crippen molar-refractivity contribution >= 4 is 17.8 Å². The summed E-state index contributed by atoms with van der Waals surface area (Å²) < 4.78 is 39.5. The molecule has 0 aromatic carbocycles. The summed E-state index contributed by atoms with van der Waals surface area (Å²) in [6, 6.07) is -1.32. The minimum Gasteiger partial charge on any atom is -0.362 e. The van der Waals surface area contributed by atoms with Crippen molar-refractivity contribution < 1.29 is 28.0 Å². The van der Waals surface area contributed by atoms with Gasteiger partial charge >= 0.3 is 11.9 Å². The van der Waals surface area contributed by atoms with Gasteiger partial charge in [0.05, 0.1) is 4.92 Å². The Hall–Kier alpha value is -2.50. The highest BCUT2D eigenvalue weighted by atomic mass is 19.4. The predicted molar refractivity (Wildman–Crippen MR) is 64.6 cm³/mol. The Bertz CT molecular complexity index is 643. The second-order valence-corrected chi connectivity index (χ2v) is 4.58. The third-order valence-corrected chi connectivity index (χ3v) is 3.14. The largest absolute Gasteiger partial charge is 0.438 e. The van der Waals surface area contributed by atoms with E-state index in [1.807, 2.05) is 0 Å². The third kappa shape index (κ3) is 2.41. The second-order valence-electron chi connectivity index (χ2n) is 4.58. The average Bonchev–Trinajstić information content (AvgIpc) is 3.03. The summed E-state index contributed by atoms with van der Waals surface area (Å²) in [6.45, 7) is 1.18. The molecule has 0 fully saturated rings. The SMILES string of the molecule is C[C@@H](C(=O)N1N=CC[C@]1(O)C(F)(F)F)n1cc([N+](=O)[O-])cn1. The number of carbonyl (C=O) groups excluding carboxylic acids is 1. The molecule has 0 spiro atoms. The van der Waals surface area contributed by atoms with Crippen LogP contribution in [0.4, 0.5) is 18.9 Å². The van der Waals surface area contributed by atoms with Gasteiger partial charge in [-0.1, -0.05) is 0 Å². The molecule has 22 heavy (non-hydrogen) atoms. The van der Waals surface area contributed by atoms with E-state index in [9.17, 15) is 33.2 Å². The quantitative estimate of drug-likeness (QED) is 0.654. The van der Waals surface area contributed by atoms with Crippen molar-refractivity contribution in [2.24, 2.45) is 5.10 Å². The van der Waals surface area contributed by atoms with Crippen LogP contribution in [0.25, 0.3) is 0 Å². The molecule has 1 aromatic rings. The van der Waals surface area contributed by atoms with Crippen LogP contribution < -0.4 is 0 Å². The fraction of sp³-hybridized carbons (Fsp3) is 0.500. The lowest BCUT2D eigenvalue weighted by molar-refractivity contribution is -0.385. The highest BCUT2D eigenvalue weighted by molar-refractivity contribution is 5.83. The summed E-state index contributed by atoms with van der Waals surface area (Å²) in [7, 11) is 0. The van der Waals surface area contributed by atoms with Crippen molar-refractivity contribution in [2.45, 2.75) is 31.3 Å². The van der Waals surface area contributed by atoms with Crippen molar-refractivity contribution in [3.63, 3.8) is 0 Å². The molecule has 9 nitrogen and oxygen atoms in total. The number of aliphatic hydroxyl groups is 1. The topological polar surface area (TPSA) is 114 Å². The molecule has 1 N–H and O–H groups in total. The Balaban J connectivity index is 2.26. The summed E-state index contributed by atoms with van der Waals surface area (Å²) in [4.78, 5) is 21.9. The zero-order chi connectivity index (χ0) is 16.7. The summed E-state index contributed by atoms with van der Waals surface area (Å²) in [5, 5.41) is 26.9. The van der Waals surface area contributed by atoms with Gasteiger partial charge in [0.1, 0.15) is 18.4 Å². The first-order valence-electron chi connectivity index (χ1n) is 5.92. The Morgan fingerprint density at radius 3 is 2.73 bits per heavy atom. The minimum absolute atomic E-state index is 0.0782. The van der Waals surface area contributed by atoms with Crippen LogP contribution in [0.2, 0.25) is 0 Å². The van der Waals surface area contributed by atoms with Crippen LogP contribution in [0.1, 0.15) is 19.4 Å². The first-order chi connectivity index (χ1) is 10.1.